The van der Waals surface area contributed by atoms with Gasteiger partial charge in [0.25, 0.3) is 0 Å². The molecule has 1 aromatic carbocycles. The van der Waals surface area contributed by atoms with Crippen molar-refractivity contribution in [3.63, 3.8) is 0 Å². The van der Waals surface area contributed by atoms with Gasteiger partial charge in [0.1, 0.15) is 18.4 Å². The molecular weight excluding hydrogens is 390 g/mol. The predicted molar refractivity (Wildman–Crippen MR) is 103 cm³/mol. The van der Waals surface area contributed by atoms with E-state index in [0.29, 0.717) is 18.3 Å². The van der Waals surface area contributed by atoms with E-state index in [-0.39, 0.29) is 6.42 Å². The van der Waals surface area contributed by atoms with Gasteiger partial charge in [0.2, 0.25) is 0 Å². The summed E-state index contributed by atoms with van der Waals surface area (Å²) in [5, 5.41) is 2.62. The summed E-state index contributed by atoms with van der Waals surface area (Å²) in [6.07, 6.45) is 5.03. The summed E-state index contributed by atoms with van der Waals surface area (Å²) >= 11 is 0. The second-order valence-electron chi connectivity index (χ2n) is 7.44. The minimum absolute atomic E-state index is 0.171. The van der Waals surface area contributed by atoms with E-state index in [2.05, 4.69) is 5.32 Å². The van der Waals surface area contributed by atoms with Crippen LogP contribution in [-0.4, -0.2) is 48.7 Å². The van der Waals surface area contributed by atoms with Gasteiger partial charge in [0.15, 0.2) is 12.2 Å². The first-order valence-electron chi connectivity index (χ1n) is 9.79. The minimum Gasteiger partial charge on any atom is -0.457 e. The van der Waals surface area contributed by atoms with Gasteiger partial charge in [-0.2, -0.15) is 0 Å². The van der Waals surface area contributed by atoms with E-state index < -0.39 is 54.2 Å². The Morgan fingerprint density at radius 1 is 1.10 bits per heavy atom. The molecule has 8 nitrogen and oxygen atoms in total. The molecule has 1 aromatic rings. The van der Waals surface area contributed by atoms with E-state index in [1.54, 1.807) is 42.5 Å². The van der Waals surface area contributed by atoms with Gasteiger partial charge < -0.3 is 24.3 Å². The monoisotopic (exact) mass is 411 g/mol. The molecule has 4 rings (SSSR count). The van der Waals surface area contributed by atoms with Gasteiger partial charge in [-0.25, -0.2) is 9.59 Å². The maximum absolute atomic E-state index is 12.7. The summed E-state index contributed by atoms with van der Waals surface area (Å²) in [4.78, 5) is 49.0. The van der Waals surface area contributed by atoms with Crippen molar-refractivity contribution < 1.29 is 33.4 Å². The highest BCUT2D eigenvalue weighted by molar-refractivity contribution is 5.89. The molecule has 8 heteroatoms. The molecule has 0 bridgehead atoms. The number of amides is 1. The van der Waals surface area contributed by atoms with Crippen molar-refractivity contribution in [2.75, 3.05) is 0 Å². The fraction of sp³-hybridized carbons (Fsp3) is 0.364. The van der Waals surface area contributed by atoms with E-state index in [0.717, 1.165) is 0 Å². The number of carbonyl (C=O) groups excluding carboxylic acids is 4. The highest BCUT2D eigenvalue weighted by atomic mass is 16.6. The average Bonchev–Trinajstić information content (AvgIpc) is 3.16. The maximum Gasteiger partial charge on any atom is 0.407 e. The highest BCUT2D eigenvalue weighted by Crippen LogP contribution is 2.34. The van der Waals surface area contributed by atoms with Crippen LogP contribution < -0.4 is 5.32 Å². The Hall–Kier alpha value is -3.42. The van der Waals surface area contributed by atoms with Crippen LogP contribution in [0.15, 0.2) is 54.6 Å². The van der Waals surface area contributed by atoms with Gasteiger partial charge in [-0.15, -0.1) is 0 Å². The van der Waals surface area contributed by atoms with Crippen molar-refractivity contribution in [1.82, 2.24) is 5.32 Å². The highest BCUT2D eigenvalue weighted by Gasteiger charge is 2.54. The molecule has 156 valence electrons. The summed E-state index contributed by atoms with van der Waals surface area (Å²) in [7, 11) is 0. The number of allylic oxidation sites excluding steroid dienone is 3. The smallest absolute Gasteiger partial charge is 0.407 e. The minimum atomic E-state index is -1.06. The number of ether oxygens (including phenoxy) is 3. The number of hydrogen-bond donors (Lipinski definition) is 1. The third-order valence-electron chi connectivity index (χ3n) is 5.51. The first-order chi connectivity index (χ1) is 14.6. The van der Waals surface area contributed by atoms with Crippen LogP contribution in [0.1, 0.15) is 23.2 Å². The van der Waals surface area contributed by atoms with Gasteiger partial charge in [-0.3, -0.25) is 4.79 Å². The lowest BCUT2D eigenvalue weighted by atomic mass is 9.80. The third-order valence-corrected chi connectivity index (χ3v) is 5.51. The van der Waals surface area contributed by atoms with E-state index in [4.69, 9.17) is 14.2 Å². The van der Waals surface area contributed by atoms with Crippen LogP contribution in [-0.2, 0) is 23.8 Å². The van der Waals surface area contributed by atoms with Crippen LogP contribution in [0.25, 0.3) is 0 Å². The van der Waals surface area contributed by atoms with Crippen molar-refractivity contribution in [2.24, 2.45) is 11.8 Å². The molecule has 1 unspecified atom stereocenters. The molecule has 1 heterocycles. The molecule has 0 radical (unpaired) electrons. The zero-order valence-electron chi connectivity index (χ0n) is 16.0. The molecule has 0 spiro atoms. The molecule has 2 aliphatic carbocycles. The van der Waals surface area contributed by atoms with Crippen LogP contribution in [0.2, 0.25) is 0 Å². The van der Waals surface area contributed by atoms with Crippen LogP contribution in [0.3, 0.4) is 0 Å². The Bertz CT molecular complexity index is 894. The van der Waals surface area contributed by atoms with Crippen LogP contribution in [0, 0.1) is 11.8 Å². The fourth-order valence-electron chi connectivity index (χ4n) is 3.98. The molecule has 3 aliphatic rings. The number of fused-ring (bicyclic) bond motifs is 1. The topological polar surface area (TPSA) is 108 Å². The molecule has 1 aliphatic heterocycles. The SMILES string of the molecule is O=C[C@H]1C[C@@H]2OC(=O)N[C@@H]2[C@@H](OC(=O)c2ccccc2)[C@@H]1OC(=O)C1C=CC=CC1. The van der Waals surface area contributed by atoms with Crippen molar-refractivity contribution in [2.45, 2.75) is 37.2 Å². The zero-order valence-corrected chi connectivity index (χ0v) is 16.0. The second-order valence-corrected chi connectivity index (χ2v) is 7.44. The Labute approximate surface area is 172 Å². The van der Waals surface area contributed by atoms with Crippen molar-refractivity contribution in [3.8, 4) is 0 Å². The second kappa shape index (κ2) is 8.52. The van der Waals surface area contributed by atoms with E-state index >= 15 is 0 Å². The number of alkyl carbamates (subject to hydrolysis) is 1. The molecule has 1 saturated carbocycles. The fourth-order valence-corrected chi connectivity index (χ4v) is 3.98. The normalized spacial score (nSPS) is 31.8. The number of nitrogens with one attached hydrogen (secondary N) is 1. The Balaban J connectivity index is 1.59. The first kappa shape index (κ1) is 19.9. The molecule has 30 heavy (non-hydrogen) atoms. The molecule has 1 amide bonds. The van der Waals surface area contributed by atoms with Gasteiger partial charge in [-0.1, -0.05) is 42.5 Å². The molecular formula is C22H21NO7. The Morgan fingerprint density at radius 2 is 1.90 bits per heavy atom. The molecule has 0 aromatic heterocycles. The largest absolute Gasteiger partial charge is 0.457 e. The Morgan fingerprint density at radius 3 is 2.60 bits per heavy atom. The molecule has 1 N–H and O–H groups in total. The summed E-state index contributed by atoms with van der Waals surface area (Å²) in [5.74, 6) is -2.43. The van der Waals surface area contributed by atoms with E-state index in [9.17, 15) is 19.2 Å². The van der Waals surface area contributed by atoms with Gasteiger partial charge >= 0.3 is 18.0 Å². The van der Waals surface area contributed by atoms with Crippen molar-refractivity contribution in [3.05, 3.63) is 60.2 Å². The summed E-state index contributed by atoms with van der Waals surface area (Å²) in [6.45, 7) is 0. The lowest BCUT2D eigenvalue weighted by Gasteiger charge is -2.40. The zero-order chi connectivity index (χ0) is 21.1. The van der Waals surface area contributed by atoms with Crippen molar-refractivity contribution >= 4 is 24.3 Å². The number of aldehydes is 1. The number of esters is 2. The van der Waals surface area contributed by atoms with E-state index in [1.165, 1.54) is 0 Å². The number of hydrogen-bond acceptors (Lipinski definition) is 7. The standard InChI is InChI=1S/C22H21NO7/c24-12-15-11-16-17(23-22(27)28-16)19(30-21(26)14-9-5-2-6-10-14)18(15)29-20(25)13-7-3-1-4-8-13/h1-7,9-10,12-13,15-19H,8,11H2,(H,23,27)/t13?,15-,16+,17+,18-,19-/m1/s1. The lowest BCUT2D eigenvalue weighted by molar-refractivity contribution is -0.171. The number of carbonyl (C=O) groups is 4. The quantitative estimate of drug-likeness (QED) is 0.448. The summed E-state index contributed by atoms with van der Waals surface area (Å²) in [6, 6.07) is 7.59. The molecule has 1 saturated heterocycles. The average molecular weight is 411 g/mol. The summed E-state index contributed by atoms with van der Waals surface area (Å²) in [5.41, 5.74) is 0.304. The van der Waals surface area contributed by atoms with Gasteiger partial charge in [0.05, 0.1) is 17.4 Å². The lowest BCUT2D eigenvalue weighted by Crippen LogP contribution is -2.59. The predicted octanol–water partition coefficient (Wildman–Crippen LogP) is 1.95. The van der Waals surface area contributed by atoms with Crippen LogP contribution >= 0.6 is 0 Å². The molecule has 6 atom stereocenters. The summed E-state index contributed by atoms with van der Waals surface area (Å²) < 4.78 is 16.6. The van der Waals surface area contributed by atoms with Gasteiger partial charge in [-0.05, 0) is 25.0 Å². The Kier molecular flexibility index (Phi) is 5.65. The third kappa shape index (κ3) is 3.98. The molecule has 2 fully saturated rings. The van der Waals surface area contributed by atoms with Crippen LogP contribution in [0.4, 0.5) is 4.79 Å². The number of rotatable bonds is 5. The van der Waals surface area contributed by atoms with E-state index in [1.807, 2.05) is 12.2 Å². The van der Waals surface area contributed by atoms with Gasteiger partial charge in [0, 0.05) is 0 Å². The number of benzene rings is 1. The van der Waals surface area contributed by atoms with Crippen molar-refractivity contribution in [1.29, 1.82) is 0 Å². The van der Waals surface area contributed by atoms with Crippen LogP contribution in [0.5, 0.6) is 0 Å². The maximum atomic E-state index is 12.7. The first-order valence-corrected chi connectivity index (χ1v) is 9.79.